The van der Waals surface area contributed by atoms with E-state index in [9.17, 15) is 27.6 Å². The number of Topliss-reactive ketones (excluding diaryl/α,β-unsaturated/α-hetero) is 1. The average molecular weight is 534 g/mol. The van der Waals surface area contributed by atoms with Crippen LogP contribution in [-0.2, 0) is 14.3 Å². The number of carbonyl (C=O) groups is 3. The third-order valence-corrected chi connectivity index (χ3v) is 6.29. The zero-order chi connectivity index (χ0) is 26.8. The smallest absolute Gasteiger partial charge is 0.444 e. The summed E-state index contributed by atoms with van der Waals surface area (Å²) in [6, 6.07) is 2.26. The van der Waals surface area contributed by atoms with Gasteiger partial charge in [0, 0.05) is 42.3 Å². The van der Waals surface area contributed by atoms with Crippen molar-refractivity contribution in [1.29, 1.82) is 0 Å². The lowest BCUT2D eigenvalue weighted by Crippen LogP contribution is -2.61. The predicted molar refractivity (Wildman–Crippen MR) is 127 cm³/mol. The molecule has 8 nitrogen and oxygen atoms in total. The first kappa shape index (κ1) is 27.9. The molecule has 2 fully saturated rings. The minimum atomic E-state index is -4.89. The van der Waals surface area contributed by atoms with Crippen LogP contribution in [0.2, 0.25) is 5.02 Å². The number of likely N-dealkylation sites (tertiary alicyclic amines) is 2. The number of carbonyl (C=O) groups excluding carboxylic acids is 3. The summed E-state index contributed by atoms with van der Waals surface area (Å²) in [6.45, 7) is 7.63. The number of anilines is 1. The molecule has 2 heterocycles. The van der Waals surface area contributed by atoms with Crippen LogP contribution in [0.4, 0.5) is 23.7 Å². The van der Waals surface area contributed by atoms with E-state index in [1.807, 2.05) is 0 Å². The number of hydrogen-bond acceptors (Lipinski definition) is 6. The van der Waals surface area contributed by atoms with Crippen molar-refractivity contribution in [2.45, 2.75) is 71.0 Å². The SMILES string of the molecule is CC(=O)[C@H]1CCN(C(=O)OC(C)(C)C)C[C@@H]1N1CCCC(Nc2cc(Cl)cc(OC(F)(F)F)c2)C1=O. The normalized spacial score (nSPS) is 23.3. The number of alkyl halides is 3. The topological polar surface area (TPSA) is 88.2 Å². The lowest BCUT2D eigenvalue weighted by atomic mass is 9.86. The van der Waals surface area contributed by atoms with E-state index in [2.05, 4.69) is 10.1 Å². The number of amides is 2. The Bertz CT molecular complexity index is 998. The van der Waals surface area contributed by atoms with Gasteiger partial charge in [0.05, 0.1) is 6.04 Å². The van der Waals surface area contributed by atoms with Gasteiger partial charge in [-0.2, -0.15) is 0 Å². The van der Waals surface area contributed by atoms with Crippen molar-refractivity contribution in [1.82, 2.24) is 9.80 Å². The van der Waals surface area contributed by atoms with Gasteiger partial charge < -0.3 is 24.6 Å². The molecule has 1 aromatic carbocycles. The van der Waals surface area contributed by atoms with E-state index in [0.29, 0.717) is 32.4 Å². The highest BCUT2D eigenvalue weighted by molar-refractivity contribution is 6.31. The van der Waals surface area contributed by atoms with Crippen molar-refractivity contribution in [2.24, 2.45) is 5.92 Å². The number of benzene rings is 1. The molecule has 2 saturated heterocycles. The molecule has 2 amide bonds. The third kappa shape index (κ3) is 7.41. The second-order valence-electron chi connectivity index (χ2n) is 10.1. The standard InChI is InChI=1S/C24H31ClF3N3O5/c1-14(32)18-7-9-30(22(34)36-23(2,3)4)13-20(18)31-8-5-6-19(21(31)33)29-16-10-15(25)11-17(12-16)35-24(26,27)28/h10-12,18-20,29H,5-9,13H2,1-4H3/t18-,19?,20+/m1/s1. The Labute approximate surface area is 213 Å². The maximum atomic E-state index is 13.5. The van der Waals surface area contributed by atoms with Crippen molar-refractivity contribution < 1.29 is 37.0 Å². The van der Waals surface area contributed by atoms with E-state index in [-0.39, 0.29) is 28.9 Å². The second kappa shape index (κ2) is 10.7. The highest BCUT2D eigenvalue weighted by Crippen LogP contribution is 2.32. The highest BCUT2D eigenvalue weighted by atomic mass is 35.5. The van der Waals surface area contributed by atoms with Crippen LogP contribution in [0.5, 0.6) is 5.75 Å². The van der Waals surface area contributed by atoms with E-state index in [1.54, 1.807) is 25.7 Å². The molecular formula is C24H31ClF3N3O5. The summed E-state index contributed by atoms with van der Waals surface area (Å²) in [5.41, 5.74) is -0.491. The number of piperidine rings is 2. The van der Waals surface area contributed by atoms with E-state index >= 15 is 0 Å². The molecule has 36 heavy (non-hydrogen) atoms. The van der Waals surface area contributed by atoms with Gasteiger partial charge >= 0.3 is 12.5 Å². The number of nitrogens with one attached hydrogen (secondary N) is 1. The minimum Gasteiger partial charge on any atom is -0.444 e. The highest BCUT2D eigenvalue weighted by Gasteiger charge is 2.43. The number of hydrogen-bond donors (Lipinski definition) is 1. The second-order valence-corrected chi connectivity index (χ2v) is 10.5. The Morgan fingerprint density at radius 3 is 2.42 bits per heavy atom. The van der Waals surface area contributed by atoms with Gasteiger partial charge in [-0.25, -0.2) is 4.79 Å². The summed E-state index contributed by atoms with van der Waals surface area (Å²) in [5, 5.41) is 2.97. The Kier molecular flexibility index (Phi) is 8.32. The molecule has 1 unspecified atom stereocenters. The van der Waals surface area contributed by atoms with Crippen molar-refractivity contribution in [3.05, 3.63) is 23.2 Å². The molecule has 2 aliphatic heterocycles. The number of ether oxygens (including phenoxy) is 2. The van der Waals surface area contributed by atoms with Crippen molar-refractivity contribution in [3.63, 3.8) is 0 Å². The van der Waals surface area contributed by atoms with Crippen molar-refractivity contribution in [2.75, 3.05) is 25.0 Å². The van der Waals surface area contributed by atoms with Gasteiger partial charge in [-0.05, 0) is 59.1 Å². The van der Waals surface area contributed by atoms with E-state index < -0.39 is 41.8 Å². The Hall–Kier alpha value is -2.69. The number of rotatable bonds is 5. The van der Waals surface area contributed by atoms with Crippen LogP contribution in [0.15, 0.2) is 18.2 Å². The van der Waals surface area contributed by atoms with Crippen LogP contribution in [0.1, 0.15) is 47.0 Å². The fraction of sp³-hybridized carbons (Fsp3) is 0.625. The summed E-state index contributed by atoms with van der Waals surface area (Å²) in [5.74, 6) is -1.32. The molecule has 0 aliphatic carbocycles. The van der Waals surface area contributed by atoms with Gasteiger partial charge in [0.25, 0.3) is 0 Å². The number of halogens is 4. The van der Waals surface area contributed by atoms with Crippen molar-refractivity contribution >= 4 is 35.1 Å². The van der Waals surface area contributed by atoms with Gasteiger partial charge in [-0.3, -0.25) is 9.59 Å². The molecule has 0 spiro atoms. The molecule has 0 aromatic heterocycles. The number of ketones is 1. The quantitative estimate of drug-likeness (QED) is 0.582. The fourth-order valence-electron chi connectivity index (χ4n) is 4.62. The molecular weight excluding hydrogens is 503 g/mol. The van der Waals surface area contributed by atoms with Crippen LogP contribution in [0, 0.1) is 5.92 Å². The molecule has 12 heteroatoms. The maximum Gasteiger partial charge on any atom is 0.573 e. The van der Waals surface area contributed by atoms with Gasteiger partial charge in [-0.1, -0.05) is 11.6 Å². The predicted octanol–water partition coefficient (Wildman–Crippen LogP) is 4.86. The number of nitrogens with zero attached hydrogens (tertiary/aromatic N) is 2. The fourth-order valence-corrected chi connectivity index (χ4v) is 4.84. The summed E-state index contributed by atoms with van der Waals surface area (Å²) in [6.07, 6.45) is -3.96. The zero-order valence-electron chi connectivity index (χ0n) is 20.7. The first-order valence-corrected chi connectivity index (χ1v) is 12.1. The molecule has 1 aromatic rings. The van der Waals surface area contributed by atoms with Crippen LogP contribution in [-0.4, -0.2) is 71.3 Å². The summed E-state index contributed by atoms with van der Waals surface area (Å²) in [7, 11) is 0. The lowest BCUT2D eigenvalue weighted by Gasteiger charge is -2.46. The molecule has 0 bridgehead atoms. The lowest BCUT2D eigenvalue weighted by molar-refractivity contribution is -0.274. The molecule has 0 radical (unpaired) electrons. The van der Waals surface area contributed by atoms with E-state index in [0.717, 1.165) is 12.1 Å². The van der Waals surface area contributed by atoms with Crippen molar-refractivity contribution in [3.8, 4) is 5.75 Å². The largest absolute Gasteiger partial charge is 0.573 e. The monoisotopic (exact) mass is 533 g/mol. The Balaban J connectivity index is 1.78. The summed E-state index contributed by atoms with van der Waals surface area (Å²) < 4.78 is 47.4. The molecule has 3 rings (SSSR count). The zero-order valence-corrected chi connectivity index (χ0v) is 21.4. The first-order valence-electron chi connectivity index (χ1n) is 11.7. The van der Waals surface area contributed by atoms with E-state index in [4.69, 9.17) is 16.3 Å². The van der Waals surface area contributed by atoms with Crippen LogP contribution in [0.3, 0.4) is 0 Å². The summed E-state index contributed by atoms with van der Waals surface area (Å²) in [4.78, 5) is 41.7. The molecule has 1 N–H and O–H groups in total. The Morgan fingerprint density at radius 1 is 1.11 bits per heavy atom. The Morgan fingerprint density at radius 2 is 1.81 bits per heavy atom. The summed E-state index contributed by atoms with van der Waals surface area (Å²) >= 11 is 5.96. The van der Waals surface area contributed by atoms with Crippen LogP contribution in [0.25, 0.3) is 0 Å². The van der Waals surface area contributed by atoms with Gasteiger partial charge in [0.2, 0.25) is 5.91 Å². The molecule has 2 aliphatic rings. The van der Waals surface area contributed by atoms with Crippen LogP contribution < -0.4 is 10.1 Å². The van der Waals surface area contributed by atoms with Gasteiger partial charge in [0.1, 0.15) is 23.2 Å². The van der Waals surface area contributed by atoms with E-state index in [1.165, 1.54) is 17.9 Å². The maximum absolute atomic E-state index is 13.5. The van der Waals surface area contributed by atoms with Gasteiger partial charge in [-0.15, -0.1) is 13.2 Å². The third-order valence-electron chi connectivity index (χ3n) is 6.07. The molecule has 200 valence electrons. The first-order chi connectivity index (χ1) is 16.6. The molecule has 3 atom stereocenters. The van der Waals surface area contributed by atoms with Crippen LogP contribution >= 0.6 is 11.6 Å². The minimum absolute atomic E-state index is 0.0105. The van der Waals surface area contributed by atoms with Gasteiger partial charge in [0.15, 0.2) is 0 Å². The molecule has 0 saturated carbocycles. The average Bonchev–Trinajstić information content (AvgIpc) is 2.72.